The number of halogens is 1. The lowest BCUT2D eigenvalue weighted by Crippen LogP contribution is -2.41. The van der Waals surface area contributed by atoms with Crippen molar-refractivity contribution in [2.45, 2.75) is 18.8 Å². The Labute approximate surface area is 141 Å². The van der Waals surface area contributed by atoms with Gasteiger partial charge in [0.1, 0.15) is 12.4 Å². The first-order valence-electron chi connectivity index (χ1n) is 8.17. The van der Waals surface area contributed by atoms with Crippen LogP contribution >= 0.6 is 0 Å². The predicted octanol–water partition coefficient (Wildman–Crippen LogP) is 3.24. The van der Waals surface area contributed by atoms with Crippen molar-refractivity contribution in [3.8, 4) is 11.3 Å². The van der Waals surface area contributed by atoms with E-state index in [4.69, 9.17) is 9.72 Å². The average Bonchev–Trinajstić information content (AvgIpc) is 2.63. The SMILES string of the molecule is COCC(=O)N1CCC[C@@H](c2cccc(-c3ccc(F)cc3)n2)C1. The summed E-state index contributed by atoms with van der Waals surface area (Å²) in [6, 6.07) is 12.2. The third kappa shape index (κ3) is 3.79. The maximum atomic E-state index is 13.1. The van der Waals surface area contributed by atoms with Crippen molar-refractivity contribution >= 4 is 5.91 Å². The average molecular weight is 328 g/mol. The fourth-order valence-corrected chi connectivity index (χ4v) is 3.12. The smallest absolute Gasteiger partial charge is 0.248 e. The van der Waals surface area contributed by atoms with E-state index in [-0.39, 0.29) is 24.2 Å². The number of hydrogen-bond donors (Lipinski definition) is 0. The maximum Gasteiger partial charge on any atom is 0.248 e. The molecule has 4 nitrogen and oxygen atoms in total. The molecule has 0 N–H and O–H groups in total. The molecule has 1 aromatic heterocycles. The molecule has 0 aliphatic carbocycles. The summed E-state index contributed by atoms with van der Waals surface area (Å²) in [6.45, 7) is 1.56. The van der Waals surface area contributed by atoms with Gasteiger partial charge in [-0.1, -0.05) is 6.07 Å². The summed E-state index contributed by atoms with van der Waals surface area (Å²) in [4.78, 5) is 18.6. The minimum atomic E-state index is -0.255. The Bertz CT molecular complexity index is 703. The molecule has 2 heterocycles. The first-order valence-corrected chi connectivity index (χ1v) is 8.17. The van der Waals surface area contributed by atoms with Crippen molar-refractivity contribution in [1.82, 2.24) is 9.88 Å². The zero-order valence-electron chi connectivity index (χ0n) is 13.7. The maximum absolute atomic E-state index is 13.1. The third-order valence-corrected chi connectivity index (χ3v) is 4.37. The number of carbonyl (C=O) groups is 1. The number of likely N-dealkylation sites (tertiary alicyclic amines) is 1. The summed E-state index contributed by atoms with van der Waals surface area (Å²) in [7, 11) is 1.53. The fraction of sp³-hybridized carbons (Fsp3) is 0.368. The van der Waals surface area contributed by atoms with E-state index < -0.39 is 0 Å². The Morgan fingerprint density at radius 1 is 1.29 bits per heavy atom. The highest BCUT2D eigenvalue weighted by atomic mass is 19.1. The molecule has 1 aliphatic heterocycles. The fourth-order valence-electron chi connectivity index (χ4n) is 3.12. The molecule has 2 aromatic rings. The highest BCUT2D eigenvalue weighted by molar-refractivity contribution is 5.77. The molecule has 1 saturated heterocycles. The summed E-state index contributed by atoms with van der Waals surface area (Å²) in [5.41, 5.74) is 2.70. The number of rotatable bonds is 4. The van der Waals surface area contributed by atoms with Crippen molar-refractivity contribution in [2.24, 2.45) is 0 Å². The van der Waals surface area contributed by atoms with Crippen LogP contribution < -0.4 is 0 Å². The zero-order valence-corrected chi connectivity index (χ0v) is 13.7. The van der Waals surface area contributed by atoms with Crippen LogP contribution in [-0.2, 0) is 9.53 Å². The summed E-state index contributed by atoms with van der Waals surface area (Å²) >= 11 is 0. The summed E-state index contributed by atoms with van der Waals surface area (Å²) < 4.78 is 18.0. The van der Waals surface area contributed by atoms with E-state index in [0.29, 0.717) is 6.54 Å². The van der Waals surface area contributed by atoms with Gasteiger partial charge in [0.05, 0.1) is 5.69 Å². The second-order valence-corrected chi connectivity index (χ2v) is 6.07. The second kappa shape index (κ2) is 7.53. The minimum absolute atomic E-state index is 0.0249. The molecule has 1 aliphatic rings. The van der Waals surface area contributed by atoms with E-state index in [0.717, 1.165) is 36.3 Å². The van der Waals surface area contributed by atoms with E-state index in [9.17, 15) is 9.18 Å². The predicted molar refractivity (Wildman–Crippen MR) is 90.1 cm³/mol. The van der Waals surface area contributed by atoms with E-state index in [2.05, 4.69) is 0 Å². The van der Waals surface area contributed by atoms with E-state index in [1.165, 1.54) is 19.2 Å². The van der Waals surface area contributed by atoms with Crippen molar-refractivity contribution in [3.05, 3.63) is 54.0 Å². The van der Waals surface area contributed by atoms with Gasteiger partial charge in [-0.05, 0) is 49.2 Å². The summed E-state index contributed by atoms with van der Waals surface area (Å²) in [5.74, 6) is -0.00803. The number of benzene rings is 1. The molecule has 1 amide bonds. The van der Waals surface area contributed by atoms with Crippen LogP contribution in [0.3, 0.4) is 0 Å². The lowest BCUT2D eigenvalue weighted by molar-refractivity contribution is -0.136. The Morgan fingerprint density at radius 2 is 2.08 bits per heavy atom. The van der Waals surface area contributed by atoms with Crippen LogP contribution in [0.15, 0.2) is 42.5 Å². The second-order valence-electron chi connectivity index (χ2n) is 6.07. The first-order chi connectivity index (χ1) is 11.7. The molecule has 126 valence electrons. The molecule has 0 bridgehead atoms. The van der Waals surface area contributed by atoms with Crippen LogP contribution in [-0.4, -0.2) is 42.6 Å². The summed E-state index contributed by atoms with van der Waals surface area (Å²) in [6.07, 6.45) is 1.97. The van der Waals surface area contributed by atoms with Gasteiger partial charge in [0.25, 0.3) is 0 Å². The summed E-state index contributed by atoms with van der Waals surface area (Å²) in [5, 5.41) is 0. The van der Waals surface area contributed by atoms with Gasteiger partial charge in [-0.3, -0.25) is 9.78 Å². The Morgan fingerprint density at radius 3 is 2.83 bits per heavy atom. The number of pyridine rings is 1. The lowest BCUT2D eigenvalue weighted by atomic mass is 9.93. The molecular weight excluding hydrogens is 307 g/mol. The van der Waals surface area contributed by atoms with E-state index in [1.807, 2.05) is 23.1 Å². The highest BCUT2D eigenvalue weighted by Gasteiger charge is 2.25. The number of ether oxygens (including phenoxy) is 1. The molecule has 5 heteroatoms. The van der Waals surface area contributed by atoms with Crippen LogP contribution in [0, 0.1) is 5.82 Å². The van der Waals surface area contributed by atoms with Crippen molar-refractivity contribution in [3.63, 3.8) is 0 Å². The monoisotopic (exact) mass is 328 g/mol. The van der Waals surface area contributed by atoms with Crippen LogP contribution in [0.2, 0.25) is 0 Å². The number of carbonyl (C=O) groups excluding carboxylic acids is 1. The van der Waals surface area contributed by atoms with Gasteiger partial charge in [0.2, 0.25) is 5.91 Å². The number of aromatic nitrogens is 1. The number of hydrogen-bond acceptors (Lipinski definition) is 3. The molecule has 24 heavy (non-hydrogen) atoms. The molecule has 0 radical (unpaired) electrons. The van der Waals surface area contributed by atoms with E-state index >= 15 is 0 Å². The molecular formula is C19H21FN2O2. The van der Waals surface area contributed by atoms with Crippen LogP contribution in [0.4, 0.5) is 4.39 Å². The van der Waals surface area contributed by atoms with Gasteiger partial charge in [-0.2, -0.15) is 0 Å². The normalized spacial score (nSPS) is 17.8. The van der Waals surface area contributed by atoms with E-state index in [1.54, 1.807) is 12.1 Å². The number of amides is 1. The van der Waals surface area contributed by atoms with Crippen molar-refractivity contribution in [1.29, 1.82) is 0 Å². The van der Waals surface area contributed by atoms with Crippen LogP contribution in [0.1, 0.15) is 24.5 Å². The Balaban J connectivity index is 1.78. The number of methoxy groups -OCH3 is 1. The highest BCUT2D eigenvalue weighted by Crippen LogP contribution is 2.27. The first kappa shape index (κ1) is 16.6. The third-order valence-electron chi connectivity index (χ3n) is 4.37. The Hall–Kier alpha value is -2.27. The molecule has 1 atom stereocenters. The zero-order chi connectivity index (χ0) is 16.9. The number of piperidine rings is 1. The van der Waals surface area contributed by atoms with Gasteiger partial charge in [0, 0.05) is 37.4 Å². The van der Waals surface area contributed by atoms with Gasteiger partial charge >= 0.3 is 0 Å². The minimum Gasteiger partial charge on any atom is -0.375 e. The topological polar surface area (TPSA) is 42.4 Å². The van der Waals surface area contributed by atoms with Gasteiger partial charge in [0.15, 0.2) is 0 Å². The molecule has 0 spiro atoms. The standard InChI is InChI=1S/C19H21FN2O2/c1-24-13-19(23)22-11-3-4-15(12-22)18-6-2-5-17(21-18)14-7-9-16(20)10-8-14/h2,5-10,15H,3-4,11-13H2,1H3/t15-/m1/s1. The van der Waals surface area contributed by atoms with Crippen molar-refractivity contribution in [2.75, 3.05) is 26.8 Å². The van der Waals surface area contributed by atoms with Crippen LogP contribution in [0.5, 0.6) is 0 Å². The van der Waals surface area contributed by atoms with Gasteiger partial charge in [-0.25, -0.2) is 4.39 Å². The molecule has 1 fully saturated rings. The van der Waals surface area contributed by atoms with Gasteiger partial charge in [-0.15, -0.1) is 0 Å². The lowest BCUT2D eigenvalue weighted by Gasteiger charge is -2.32. The molecule has 1 aromatic carbocycles. The molecule has 3 rings (SSSR count). The molecule has 0 saturated carbocycles. The van der Waals surface area contributed by atoms with Gasteiger partial charge < -0.3 is 9.64 Å². The quantitative estimate of drug-likeness (QED) is 0.865. The molecule has 0 unspecified atom stereocenters. The van der Waals surface area contributed by atoms with Crippen molar-refractivity contribution < 1.29 is 13.9 Å². The van der Waals surface area contributed by atoms with Crippen LogP contribution in [0.25, 0.3) is 11.3 Å². The number of nitrogens with zero attached hydrogens (tertiary/aromatic N) is 2. The largest absolute Gasteiger partial charge is 0.375 e. The Kier molecular flexibility index (Phi) is 5.20.